The lowest BCUT2D eigenvalue weighted by molar-refractivity contribution is 0.673. The van der Waals surface area contributed by atoms with E-state index in [-0.39, 0.29) is 0 Å². The number of hydrogen-bond acceptors (Lipinski definition) is 4. The van der Waals surface area contributed by atoms with Gasteiger partial charge in [0.05, 0.1) is 0 Å². The van der Waals surface area contributed by atoms with Crippen LogP contribution >= 0.6 is 22.7 Å². The Balaban J connectivity index is 1.15. The first-order chi connectivity index (χ1) is 24.8. The number of anilines is 3. The summed E-state index contributed by atoms with van der Waals surface area (Å²) in [5, 5.41) is 9.79. The summed E-state index contributed by atoms with van der Waals surface area (Å²) >= 11 is 3.70. The third kappa shape index (κ3) is 4.19. The summed E-state index contributed by atoms with van der Waals surface area (Å²) in [5.74, 6) is 0. The highest BCUT2D eigenvalue weighted by molar-refractivity contribution is 7.26. The smallest absolute Gasteiger partial charge is 0.143 e. The Morgan fingerprint density at radius 2 is 1.00 bits per heavy atom. The van der Waals surface area contributed by atoms with Crippen LogP contribution < -0.4 is 4.90 Å². The maximum absolute atomic E-state index is 6.62. The molecular formula is C46H27NOS2. The molecule has 3 aromatic heterocycles. The SMILES string of the molecule is c1ccc(-c2ccc(N(c3ccc4sc5ccccc5c4c3)c3ccc4sc5ccc6oc7c8ccccc8ccc7c6c5c4c3)cc2)cc1. The average Bonchev–Trinajstić information content (AvgIpc) is 3.86. The fourth-order valence-corrected chi connectivity index (χ4v) is 9.90. The highest BCUT2D eigenvalue weighted by Gasteiger charge is 2.20. The quantitative estimate of drug-likeness (QED) is 0.185. The molecule has 11 aromatic rings. The van der Waals surface area contributed by atoms with E-state index in [2.05, 4.69) is 169 Å². The van der Waals surface area contributed by atoms with Crippen LogP contribution in [0.5, 0.6) is 0 Å². The van der Waals surface area contributed by atoms with E-state index >= 15 is 0 Å². The first kappa shape index (κ1) is 28.0. The van der Waals surface area contributed by atoms with Crippen LogP contribution in [0.15, 0.2) is 168 Å². The van der Waals surface area contributed by atoms with E-state index in [1.165, 1.54) is 62.2 Å². The normalized spacial score (nSPS) is 12.0. The molecule has 0 N–H and O–H groups in total. The van der Waals surface area contributed by atoms with Crippen LogP contribution in [0, 0.1) is 0 Å². The lowest BCUT2D eigenvalue weighted by Gasteiger charge is -2.26. The molecule has 0 aliphatic carbocycles. The van der Waals surface area contributed by atoms with Crippen molar-refractivity contribution in [1.82, 2.24) is 0 Å². The molecule has 0 saturated heterocycles. The molecule has 0 fully saturated rings. The minimum Gasteiger partial charge on any atom is -0.455 e. The minimum absolute atomic E-state index is 0.928. The van der Waals surface area contributed by atoms with Gasteiger partial charge in [-0.05, 0) is 89.3 Å². The highest BCUT2D eigenvalue weighted by Crippen LogP contribution is 2.47. The van der Waals surface area contributed by atoms with E-state index in [4.69, 9.17) is 4.42 Å². The first-order valence-corrected chi connectivity index (χ1v) is 18.5. The summed E-state index contributed by atoms with van der Waals surface area (Å²) in [7, 11) is 0. The minimum atomic E-state index is 0.928. The van der Waals surface area contributed by atoms with Crippen LogP contribution in [-0.4, -0.2) is 0 Å². The summed E-state index contributed by atoms with van der Waals surface area (Å²) in [6, 6.07) is 59.5. The fourth-order valence-electron chi connectivity index (χ4n) is 7.72. The molecule has 50 heavy (non-hydrogen) atoms. The Morgan fingerprint density at radius 1 is 0.380 bits per heavy atom. The molecule has 0 radical (unpaired) electrons. The number of rotatable bonds is 4. The molecule has 4 heteroatoms. The number of furan rings is 1. The van der Waals surface area contributed by atoms with Gasteiger partial charge in [-0.1, -0.05) is 91.0 Å². The third-order valence-electron chi connectivity index (χ3n) is 10.1. The van der Waals surface area contributed by atoms with Gasteiger partial charge in [0.2, 0.25) is 0 Å². The molecule has 3 heterocycles. The molecule has 11 rings (SSSR count). The second kappa shape index (κ2) is 10.8. The van der Waals surface area contributed by atoms with Crippen molar-refractivity contribution in [2.75, 3.05) is 4.90 Å². The molecule has 0 spiro atoms. The number of nitrogens with zero attached hydrogens (tertiary/aromatic N) is 1. The molecule has 0 amide bonds. The lowest BCUT2D eigenvalue weighted by atomic mass is 10.0. The van der Waals surface area contributed by atoms with Gasteiger partial charge in [0.25, 0.3) is 0 Å². The van der Waals surface area contributed by atoms with Crippen LogP contribution in [0.4, 0.5) is 17.1 Å². The van der Waals surface area contributed by atoms with Gasteiger partial charge in [-0.3, -0.25) is 0 Å². The predicted octanol–water partition coefficient (Wildman–Crippen LogP) is 14.6. The van der Waals surface area contributed by atoms with Gasteiger partial charge in [-0.25, -0.2) is 0 Å². The van der Waals surface area contributed by atoms with Crippen molar-refractivity contribution in [3.8, 4) is 11.1 Å². The Bertz CT molecular complexity index is 3090. The van der Waals surface area contributed by atoms with Gasteiger partial charge >= 0.3 is 0 Å². The van der Waals surface area contributed by atoms with Crippen molar-refractivity contribution >= 4 is 113 Å². The van der Waals surface area contributed by atoms with Gasteiger partial charge in [-0.15, -0.1) is 22.7 Å². The van der Waals surface area contributed by atoms with E-state index in [9.17, 15) is 0 Å². The molecule has 0 aliphatic rings. The van der Waals surface area contributed by atoms with E-state index < -0.39 is 0 Å². The lowest BCUT2D eigenvalue weighted by Crippen LogP contribution is -2.09. The average molecular weight is 674 g/mol. The van der Waals surface area contributed by atoms with Crippen LogP contribution in [0.3, 0.4) is 0 Å². The molecule has 8 aromatic carbocycles. The van der Waals surface area contributed by atoms with E-state index in [1.807, 2.05) is 22.7 Å². The largest absolute Gasteiger partial charge is 0.455 e. The number of thiophene rings is 2. The van der Waals surface area contributed by atoms with Crippen molar-refractivity contribution in [1.29, 1.82) is 0 Å². The summed E-state index contributed by atoms with van der Waals surface area (Å²) < 4.78 is 11.8. The van der Waals surface area contributed by atoms with Gasteiger partial charge in [0, 0.05) is 73.6 Å². The van der Waals surface area contributed by atoms with Gasteiger partial charge in [-0.2, -0.15) is 0 Å². The Kier molecular flexibility index (Phi) is 6.03. The van der Waals surface area contributed by atoms with Crippen molar-refractivity contribution in [2.45, 2.75) is 0 Å². The number of fused-ring (bicyclic) bond motifs is 12. The maximum atomic E-state index is 6.62. The number of benzene rings is 8. The molecule has 0 unspecified atom stereocenters. The summed E-state index contributed by atoms with van der Waals surface area (Å²) in [5.41, 5.74) is 7.68. The zero-order valence-corrected chi connectivity index (χ0v) is 28.4. The van der Waals surface area contributed by atoms with Crippen LogP contribution in [-0.2, 0) is 0 Å². The van der Waals surface area contributed by atoms with Gasteiger partial charge < -0.3 is 9.32 Å². The van der Waals surface area contributed by atoms with E-state index in [0.29, 0.717) is 0 Å². The van der Waals surface area contributed by atoms with Crippen LogP contribution in [0.1, 0.15) is 0 Å². The summed E-state index contributed by atoms with van der Waals surface area (Å²) in [6.07, 6.45) is 0. The maximum Gasteiger partial charge on any atom is 0.143 e. The fraction of sp³-hybridized carbons (Fsp3) is 0. The standard InChI is InChI=1S/C46H27NOS2/c1-2-8-28(9-3-1)29-14-17-31(18-15-29)47(32-19-23-41-37(26-32)35-12-6-7-13-40(35)49-41)33-20-24-42-38(27-33)45-43(50-42)25-22-39-44(45)36-21-16-30-10-4-5-11-34(30)46(36)48-39/h1-27H. The molecule has 0 saturated carbocycles. The second-order valence-electron chi connectivity index (χ2n) is 12.9. The highest BCUT2D eigenvalue weighted by atomic mass is 32.1. The Morgan fingerprint density at radius 3 is 1.84 bits per heavy atom. The van der Waals surface area contributed by atoms with Crippen molar-refractivity contribution in [3.05, 3.63) is 164 Å². The molecular weight excluding hydrogens is 647 g/mol. The van der Waals surface area contributed by atoms with Crippen LogP contribution in [0.25, 0.3) is 84.2 Å². The zero-order chi connectivity index (χ0) is 32.8. The van der Waals surface area contributed by atoms with E-state index in [0.717, 1.165) is 39.0 Å². The molecule has 234 valence electrons. The summed E-state index contributed by atoms with van der Waals surface area (Å²) in [4.78, 5) is 2.41. The van der Waals surface area contributed by atoms with Crippen LogP contribution in [0.2, 0.25) is 0 Å². The molecule has 0 aliphatic heterocycles. The van der Waals surface area contributed by atoms with Gasteiger partial charge in [0.15, 0.2) is 0 Å². The second-order valence-corrected chi connectivity index (χ2v) is 15.1. The zero-order valence-electron chi connectivity index (χ0n) is 26.8. The molecule has 2 nitrogen and oxygen atoms in total. The number of hydrogen-bond donors (Lipinski definition) is 0. The van der Waals surface area contributed by atoms with E-state index in [1.54, 1.807) is 0 Å². The molecule has 0 bridgehead atoms. The van der Waals surface area contributed by atoms with Crippen molar-refractivity contribution in [3.63, 3.8) is 0 Å². The van der Waals surface area contributed by atoms with Crippen molar-refractivity contribution < 1.29 is 4.42 Å². The predicted molar refractivity (Wildman–Crippen MR) is 217 cm³/mol. The van der Waals surface area contributed by atoms with Crippen molar-refractivity contribution in [2.24, 2.45) is 0 Å². The summed E-state index contributed by atoms with van der Waals surface area (Å²) in [6.45, 7) is 0. The van der Waals surface area contributed by atoms with Gasteiger partial charge in [0.1, 0.15) is 11.2 Å². The third-order valence-corrected chi connectivity index (χ3v) is 12.3. The Hall–Kier alpha value is -5.94. The topological polar surface area (TPSA) is 16.4 Å². The first-order valence-electron chi connectivity index (χ1n) is 16.8. The monoisotopic (exact) mass is 673 g/mol. The Labute approximate surface area is 295 Å². The molecule has 0 atom stereocenters.